The van der Waals surface area contributed by atoms with Crippen molar-refractivity contribution < 1.29 is 18.7 Å². The van der Waals surface area contributed by atoms with Crippen molar-refractivity contribution in [3.8, 4) is 0 Å². The van der Waals surface area contributed by atoms with Crippen LogP contribution in [0, 0.1) is 11.6 Å². The van der Waals surface area contributed by atoms with E-state index in [1.165, 1.54) is 30.6 Å². The van der Waals surface area contributed by atoms with Gasteiger partial charge in [-0.2, -0.15) is 5.10 Å². The number of benzene rings is 2. The van der Waals surface area contributed by atoms with Gasteiger partial charge in [-0.1, -0.05) is 18.2 Å². The van der Waals surface area contributed by atoms with Crippen LogP contribution in [-0.4, -0.2) is 38.9 Å². The summed E-state index contributed by atoms with van der Waals surface area (Å²) in [4.78, 5) is 17.2. The van der Waals surface area contributed by atoms with Gasteiger partial charge in [-0.25, -0.2) is 18.4 Å². The molecule has 0 saturated carbocycles. The molecule has 1 aromatic heterocycles. The molecule has 3 heterocycles. The molecule has 2 aromatic carbocycles. The van der Waals surface area contributed by atoms with Crippen LogP contribution in [0.2, 0.25) is 0 Å². The molecule has 0 aliphatic carbocycles. The van der Waals surface area contributed by atoms with E-state index in [9.17, 15) is 18.7 Å². The van der Waals surface area contributed by atoms with E-state index in [2.05, 4.69) is 20.7 Å². The van der Waals surface area contributed by atoms with E-state index < -0.39 is 11.9 Å². The molecule has 0 spiro atoms. The Morgan fingerprint density at radius 2 is 1.97 bits per heavy atom. The maximum atomic E-state index is 14.4. The molecule has 0 radical (unpaired) electrons. The van der Waals surface area contributed by atoms with E-state index in [0.717, 1.165) is 11.1 Å². The molecule has 0 bridgehead atoms. The van der Waals surface area contributed by atoms with Crippen LogP contribution in [0.25, 0.3) is 5.57 Å². The number of aryl methyl sites for hydroxylation is 1. The molecule has 9 heteroatoms. The number of carbonyl (C=O) groups is 1. The summed E-state index contributed by atoms with van der Waals surface area (Å²) in [7, 11) is 0. The Hall–Kier alpha value is -3.59. The molecular formula is C23H21F2N5O2. The van der Waals surface area contributed by atoms with Crippen LogP contribution in [0.5, 0.6) is 0 Å². The molecule has 0 fully saturated rings. The average Bonchev–Trinajstić information content (AvgIpc) is 3.18. The first kappa shape index (κ1) is 20.3. The second kappa shape index (κ2) is 8.16. The van der Waals surface area contributed by atoms with Crippen LogP contribution in [0.1, 0.15) is 45.7 Å². The van der Waals surface area contributed by atoms with Gasteiger partial charge in [-0.05, 0) is 41.8 Å². The lowest BCUT2D eigenvalue weighted by Crippen LogP contribution is -2.29. The Morgan fingerprint density at radius 3 is 2.75 bits per heavy atom. The molecule has 7 nitrogen and oxygen atoms in total. The van der Waals surface area contributed by atoms with Gasteiger partial charge >= 0.3 is 0 Å². The van der Waals surface area contributed by atoms with Crippen molar-refractivity contribution in [1.82, 2.24) is 20.1 Å². The highest BCUT2D eigenvalue weighted by Gasteiger charge is 2.40. The van der Waals surface area contributed by atoms with Crippen molar-refractivity contribution in [2.45, 2.75) is 24.9 Å². The smallest absolute Gasteiger partial charge is 0.252 e. The monoisotopic (exact) mass is 437 g/mol. The number of anilines is 1. The summed E-state index contributed by atoms with van der Waals surface area (Å²) in [5, 5.41) is 19.8. The van der Waals surface area contributed by atoms with Crippen molar-refractivity contribution in [2.75, 3.05) is 18.5 Å². The first-order valence-electron chi connectivity index (χ1n) is 10.4. The number of aromatic nitrogens is 3. The second-order valence-electron chi connectivity index (χ2n) is 7.82. The third kappa shape index (κ3) is 3.44. The number of carbonyl (C=O) groups excluding carboxylic acids is 1. The third-order valence-corrected chi connectivity index (χ3v) is 5.88. The van der Waals surface area contributed by atoms with Crippen LogP contribution in [-0.2, 0) is 6.54 Å². The summed E-state index contributed by atoms with van der Waals surface area (Å²) >= 11 is 0. The Labute approximate surface area is 182 Å². The van der Waals surface area contributed by atoms with E-state index in [-0.39, 0.29) is 36.4 Å². The van der Waals surface area contributed by atoms with Crippen LogP contribution in [0.4, 0.5) is 14.5 Å². The van der Waals surface area contributed by atoms with E-state index in [4.69, 9.17) is 0 Å². The minimum Gasteiger partial charge on any atom is -0.396 e. The highest BCUT2D eigenvalue weighted by Crippen LogP contribution is 2.50. The third-order valence-electron chi connectivity index (χ3n) is 5.88. The lowest BCUT2D eigenvalue weighted by atomic mass is 9.77. The standard InChI is InChI=1S/C23H21F2N5O2/c24-14-4-2-13(3-5-14)21-20(22-27-12-28-30(22)8-1-9-31)16-6-7-26-23(32)17-10-15(25)11-18(29-21)19(16)17/h2-6,10-12,20-21,29,31H,1,7-9H2,(H,26,32). The molecule has 3 N–H and O–H groups in total. The van der Waals surface area contributed by atoms with Gasteiger partial charge in [0.05, 0.1) is 17.5 Å². The molecule has 2 aliphatic heterocycles. The SMILES string of the molecule is O=C1NCC=C2c3c(cc(F)cc31)NC(c1ccc(F)cc1)C2c1ncnn1CCCO. The maximum Gasteiger partial charge on any atom is 0.252 e. The Kier molecular flexibility index (Phi) is 5.18. The molecule has 1 amide bonds. The summed E-state index contributed by atoms with van der Waals surface area (Å²) in [6.07, 6.45) is 3.87. The van der Waals surface area contributed by atoms with Gasteiger partial charge < -0.3 is 15.7 Å². The largest absolute Gasteiger partial charge is 0.396 e. The van der Waals surface area contributed by atoms with E-state index >= 15 is 0 Å². The minimum atomic E-state index is -0.523. The van der Waals surface area contributed by atoms with Crippen molar-refractivity contribution in [2.24, 2.45) is 0 Å². The number of aliphatic hydroxyl groups excluding tert-OH is 1. The summed E-state index contributed by atoms with van der Waals surface area (Å²) < 4.78 is 29.8. The maximum absolute atomic E-state index is 14.4. The average molecular weight is 437 g/mol. The number of aliphatic hydroxyl groups is 1. The highest BCUT2D eigenvalue weighted by atomic mass is 19.1. The number of rotatable bonds is 5. The summed E-state index contributed by atoms with van der Waals surface area (Å²) in [5.74, 6) is -0.975. The van der Waals surface area contributed by atoms with Crippen LogP contribution in [0.15, 0.2) is 48.8 Å². The molecule has 32 heavy (non-hydrogen) atoms. The predicted molar refractivity (Wildman–Crippen MR) is 114 cm³/mol. The van der Waals surface area contributed by atoms with Crippen molar-refractivity contribution in [3.63, 3.8) is 0 Å². The Bertz CT molecular complexity index is 1210. The zero-order valence-electron chi connectivity index (χ0n) is 17.1. The number of halogens is 2. The van der Waals surface area contributed by atoms with Gasteiger partial charge in [0.2, 0.25) is 0 Å². The fourth-order valence-corrected chi connectivity index (χ4v) is 4.52. The zero-order valence-corrected chi connectivity index (χ0v) is 17.1. The van der Waals surface area contributed by atoms with Gasteiger partial charge in [-0.3, -0.25) is 4.79 Å². The van der Waals surface area contributed by atoms with Crippen molar-refractivity contribution >= 4 is 17.2 Å². The first-order valence-corrected chi connectivity index (χ1v) is 10.4. The van der Waals surface area contributed by atoms with Gasteiger partial charge in [0, 0.05) is 30.9 Å². The molecule has 0 saturated heterocycles. The van der Waals surface area contributed by atoms with E-state index in [1.54, 1.807) is 16.8 Å². The second-order valence-corrected chi connectivity index (χ2v) is 7.82. The fraction of sp³-hybridized carbons (Fsp3) is 0.261. The lowest BCUT2D eigenvalue weighted by Gasteiger charge is -2.37. The number of hydrogen-bond acceptors (Lipinski definition) is 5. The van der Waals surface area contributed by atoms with Gasteiger partial charge in [0.15, 0.2) is 0 Å². The number of nitrogens with one attached hydrogen (secondary N) is 2. The number of amides is 1. The normalized spacial score (nSPS) is 19.5. The minimum absolute atomic E-state index is 0.0109. The molecule has 2 atom stereocenters. The summed E-state index contributed by atoms with van der Waals surface area (Å²) in [5.41, 5.74) is 2.98. The van der Waals surface area contributed by atoms with Crippen LogP contribution < -0.4 is 10.6 Å². The van der Waals surface area contributed by atoms with Gasteiger partial charge in [0.25, 0.3) is 5.91 Å². The number of hydrogen-bond donors (Lipinski definition) is 3. The summed E-state index contributed by atoms with van der Waals surface area (Å²) in [6.45, 7) is 0.754. The van der Waals surface area contributed by atoms with Gasteiger partial charge in [-0.15, -0.1) is 0 Å². The highest BCUT2D eigenvalue weighted by molar-refractivity contribution is 6.04. The Morgan fingerprint density at radius 1 is 1.16 bits per heavy atom. The summed E-state index contributed by atoms with van der Waals surface area (Å²) in [6, 6.07) is 8.32. The molecule has 5 rings (SSSR count). The molecular weight excluding hydrogens is 416 g/mol. The van der Waals surface area contributed by atoms with E-state index in [0.29, 0.717) is 30.0 Å². The van der Waals surface area contributed by atoms with Crippen molar-refractivity contribution in [1.29, 1.82) is 0 Å². The molecule has 164 valence electrons. The van der Waals surface area contributed by atoms with Crippen LogP contribution in [0.3, 0.4) is 0 Å². The van der Waals surface area contributed by atoms with E-state index in [1.807, 2.05) is 6.08 Å². The molecule has 2 unspecified atom stereocenters. The molecule has 2 aliphatic rings. The number of nitrogens with zero attached hydrogens (tertiary/aromatic N) is 3. The Balaban J connectivity index is 1.73. The van der Waals surface area contributed by atoms with Crippen molar-refractivity contribution in [3.05, 3.63) is 83.0 Å². The zero-order chi connectivity index (χ0) is 22.2. The van der Waals surface area contributed by atoms with Gasteiger partial charge in [0.1, 0.15) is 23.8 Å². The van der Waals surface area contributed by atoms with Crippen LogP contribution >= 0.6 is 0 Å². The molecule has 3 aromatic rings. The fourth-order valence-electron chi connectivity index (χ4n) is 4.52. The topological polar surface area (TPSA) is 92.1 Å². The lowest BCUT2D eigenvalue weighted by molar-refractivity contribution is 0.0958. The first-order chi connectivity index (χ1) is 15.6. The quantitative estimate of drug-likeness (QED) is 0.571. The predicted octanol–water partition coefficient (Wildman–Crippen LogP) is 3.02.